The van der Waals surface area contributed by atoms with E-state index in [1.807, 2.05) is 37.3 Å². The SMILES string of the molecule is CC(C)(C)C(C(C)(C)C)C(C)(OO)c1ccccc1. The first kappa shape index (κ1) is 16.2. The van der Waals surface area contributed by atoms with Gasteiger partial charge in [0.25, 0.3) is 0 Å². The van der Waals surface area contributed by atoms with Gasteiger partial charge < -0.3 is 0 Å². The Labute approximate surface area is 117 Å². The molecule has 0 aliphatic carbocycles. The van der Waals surface area contributed by atoms with Crippen molar-refractivity contribution in [3.8, 4) is 0 Å². The molecule has 1 rings (SSSR count). The number of rotatable bonds is 3. The van der Waals surface area contributed by atoms with E-state index >= 15 is 0 Å². The number of hydrogen-bond acceptors (Lipinski definition) is 2. The third-order valence-corrected chi connectivity index (χ3v) is 3.82. The van der Waals surface area contributed by atoms with Gasteiger partial charge in [0, 0.05) is 5.92 Å². The van der Waals surface area contributed by atoms with Gasteiger partial charge >= 0.3 is 0 Å². The predicted octanol–water partition coefficient (Wildman–Crippen LogP) is 5.10. The summed E-state index contributed by atoms with van der Waals surface area (Å²) in [5.41, 5.74) is 0.293. The van der Waals surface area contributed by atoms with E-state index in [1.54, 1.807) is 0 Å². The first-order valence-electron chi connectivity index (χ1n) is 6.91. The molecule has 2 heteroatoms. The van der Waals surface area contributed by atoms with Gasteiger partial charge in [-0.05, 0) is 23.3 Å². The Morgan fingerprint density at radius 1 is 0.842 bits per heavy atom. The van der Waals surface area contributed by atoms with Gasteiger partial charge in [-0.2, -0.15) is 0 Å². The summed E-state index contributed by atoms with van der Waals surface area (Å²) in [7, 11) is 0. The van der Waals surface area contributed by atoms with Crippen LogP contribution in [-0.2, 0) is 10.5 Å². The molecular formula is C17H28O2. The molecule has 0 bridgehead atoms. The van der Waals surface area contributed by atoms with Crippen LogP contribution in [0.15, 0.2) is 30.3 Å². The second-order valence-electron chi connectivity index (χ2n) is 7.73. The zero-order chi connectivity index (χ0) is 14.9. The highest BCUT2D eigenvalue weighted by molar-refractivity contribution is 5.24. The minimum absolute atomic E-state index is 0.00553. The van der Waals surface area contributed by atoms with Gasteiger partial charge in [0.2, 0.25) is 0 Å². The van der Waals surface area contributed by atoms with Crippen LogP contribution < -0.4 is 0 Å². The molecule has 1 unspecified atom stereocenters. The van der Waals surface area contributed by atoms with Crippen molar-refractivity contribution in [3.05, 3.63) is 35.9 Å². The molecule has 0 spiro atoms. The molecule has 0 heterocycles. The second-order valence-corrected chi connectivity index (χ2v) is 7.73. The molecule has 0 aliphatic heterocycles. The zero-order valence-corrected chi connectivity index (χ0v) is 13.3. The lowest BCUT2D eigenvalue weighted by Gasteiger charge is -2.50. The summed E-state index contributed by atoms with van der Waals surface area (Å²) < 4.78 is 0. The van der Waals surface area contributed by atoms with Gasteiger partial charge in [0.15, 0.2) is 0 Å². The lowest BCUT2D eigenvalue weighted by Crippen LogP contribution is -2.48. The van der Waals surface area contributed by atoms with Crippen molar-refractivity contribution in [2.24, 2.45) is 16.7 Å². The van der Waals surface area contributed by atoms with E-state index in [1.165, 1.54) is 0 Å². The summed E-state index contributed by atoms with van der Waals surface area (Å²) >= 11 is 0. The van der Waals surface area contributed by atoms with Crippen molar-refractivity contribution >= 4 is 0 Å². The van der Waals surface area contributed by atoms with E-state index in [-0.39, 0.29) is 16.7 Å². The van der Waals surface area contributed by atoms with Crippen molar-refractivity contribution in [3.63, 3.8) is 0 Å². The Morgan fingerprint density at radius 2 is 1.26 bits per heavy atom. The normalized spacial score (nSPS) is 16.5. The van der Waals surface area contributed by atoms with Crippen LogP contribution in [0.3, 0.4) is 0 Å². The maximum absolute atomic E-state index is 9.64. The summed E-state index contributed by atoms with van der Waals surface area (Å²) in [6.45, 7) is 15.2. The fourth-order valence-electron chi connectivity index (χ4n) is 3.99. The van der Waals surface area contributed by atoms with Gasteiger partial charge in [-0.15, -0.1) is 0 Å². The van der Waals surface area contributed by atoms with E-state index in [2.05, 4.69) is 41.5 Å². The molecule has 2 nitrogen and oxygen atoms in total. The van der Waals surface area contributed by atoms with Crippen LogP contribution in [0.25, 0.3) is 0 Å². The maximum Gasteiger partial charge on any atom is 0.129 e. The highest BCUT2D eigenvalue weighted by Crippen LogP contribution is 2.51. The molecule has 0 radical (unpaired) electrons. The average molecular weight is 264 g/mol. The summed E-state index contributed by atoms with van der Waals surface area (Å²) in [5.74, 6) is 0.153. The minimum Gasteiger partial charge on any atom is -0.251 e. The zero-order valence-electron chi connectivity index (χ0n) is 13.3. The Bertz CT molecular complexity index is 384. The number of benzene rings is 1. The van der Waals surface area contributed by atoms with Crippen LogP contribution >= 0.6 is 0 Å². The summed E-state index contributed by atoms with van der Waals surface area (Å²) in [4.78, 5) is 5.04. The van der Waals surface area contributed by atoms with Gasteiger partial charge in [0.05, 0.1) is 0 Å². The van der Waals surface area contributed by atoms with Crippen molar-refractivity contribution in [2.75, 3.05) is 0 Å². The molecule has 1 aromatic rings. The maximum atomic E-state index is 9.64. The molecule has 1 N–H and O–H groups in total. The van der Waals surface area contributed by atoms with Crippen LogP contribution in [0.2, 0.25) is 0 Å². The third-order valence-electron chi connectivity index (χ3n) is 3.82. The van der Waals surface area contributed by atoms with Crippen LogP contribution in [-0.4, -0.2) is 5.26 Å². The summed E-state index contributed by atoms with van der Waals surface area (Å²) in [5, 5.41) is 9.64. The molecule has 0 amide bonds. The first-order chi connectivity index (χ1) is 8.53. The van der Waals surface area contributed by atoms with Gasteiger partial charge in [-0.3, -0.25) is 5.26 Å². The Morgan fingerprint density at radius 3 is 1.58 bits per heavy atom. The highest BCUT2D eigenvalue weighted by atomic mass is 17.1. The number of hydrogen-bond donors (Lipinski definition) is 1. The lowest BCUT2D eigenvalue weighted by atomic mass is 9.58. The monoisotopic (exact) mass is 264 g/mol. The Balaban J connectivity index is 3.40. The van der Waals surface area contributed by atoms with Crippen LogP contribution in [0.4, 0.5) is 0 Å². The van der Waals surface area contributed by atoms with Crippen molar-refractivity contribution < 1.29 is 10.1 Å². The molecule has 108 valence electrons. The summed E-state index contributed by atoms with van der Waals surface area (Å²) in [6.07, 6.45) is 0. The van der Waals surface area contributed by atoms with E-state index in [0.717, 1.165) is 5.56 Å². The fraction of sp³-hybridized carbons (Fsp3) is 0.647. The quantitative estimate of drug-likeness (QED) is 0.608. The topological polar surface area (TPSA) is 29.5 Å². The van der Waals surface area contributed by atoms with E-state index < -0.39 is 5.60 Å². The predicted molar refractivity (Wildman–Crippen MR) is 79.9 cm³/mol. The molecule has 0 saturated carbocycles. The Hall–Kier alpha value is -0.860. The van der Waals surface area contributed by atoms with Gasteiger partial charge in [0.1, 0.15) is 5.60 Å². The van der Waals surface area contributed by atoms with Crippen molar-refractivity contribution in [1.29, 1.82) is 0 Å². The smallest absolute Gasteiger partial charge is 0.129 e. The first-order valence-corrected chi connectivity index (χ1v) is 6.91. The molecule has 0 aliphatic rings. The lowest BCUT2D eigenvalue weighted by molar-refractivity contribution is -0.355. The average Bonchev–Trinajstić information content (AvgIpc) is 2.26. The van der Waals surface area contributed by atoms with E-state index in [9.17, 15) is 5.26 Å². The molecule has 0 fully saturated rings. The van der Waals surface area contributed by atoms with Gasteiger partial charge in [-0.1, -0.05) is 71.9 Å². The summed E-state index contributed by atoms with van der Waals surface area (Å²) in [6, 6.07) is 9.97. The van der Waals surface area contributed by atoms with Crippen molar-refractivity contribution in [2.45, 2.75) is 54.1 Å². The largest absolute Gasteiger partial charge is 0.251 e. The molecule has 0 saturated heterocycles. The van der Waals surface area contributed by atoms with E-state index in [4.69, 9.17) is 4.89 Å². The standard InChI is InChI=1S/C17H28O2/c1-15(2,3)14(16(4,5)6)17(7,19-18)13-11-9-8-10-12-13/h8-12,14,18H,1-7H3. The van der Waals surface area contributed by atoms with Crippen LogP contribution in [0.5, 0.6) is 0 Å². The minimum atomic E-state index is -0.724. The molecular weight excluding hydrogens is 236 g/mol. The molecule has 0 aromatic heterocycles. The van der Waals surface area contributed by atoms with Crippen LogP contribution in [0.1, 0.15) is 54.0 Å². The molecule has 1 atom stereocenters. The van der Waals surface area contributed by atoms with Crippen molar-refractivity contribution in [1.82, 2.24) is 0 Å². The fourth-order valence-corrected chi connectivity index (χ4v) is 3.99. The molecule has 1 aromatic carbocycles. The van der Waals surface area contributed by atoms with Crippen LogP contribution in [0, 0.1) is 16.7 Å². The molecule has 19 heavy (non-hydrogen) atoms. The third kappa shape index (κ3) is 3.37. The van der Waals surface area contributed by atoms with Gasteiger partial charge in [-0.25, -0.2) is 4.89 Å². The Kier molecular flexibility index (Phi) is 4.48. The van der Waals surface area contributed by atoms with E-state index in [0.29, 0.717) is 0 Å². The highest BCUT2D eigenvalue weighted by Gasteiger charge is 2.50. The second kappa shape index (κ2) is 5.26.